The zero-order chi connectivity index (χ0) is 23.0. The second-order valence-electron chi connectivity index (χ2n) is 5.88. The summed E-state index contributed by atoms with van der Waals surface area (Å²) in [6, 6.07) is 0. The van der Waals surface area contributed by atoms with Crippen molar-refractivity contribution in [2.24, 2.45) is 0 Å². The summed E-state index contributed by atoms with van der Waals surface area (Å²) in [5.41, 5.74) is 0. The molecule has 0 amide bonds. The maximum absolute atomic E-state index is 12.1. The van der Waals surface area contributed by atoms with E-state index < -0.39 is 69.6 Å². The topological polar surface area (TPSA) is 173 Å². The molecule has 0 aromatic heterocycles. The Kier molecular flexibility index (Phi) is 11.2. The lowest BCUT2D eigenvalue weighted by Crippen LogP contribution is -2.49. The SMILES string of the molecule is CCCS(=O)(=O)OC(OS(=O)(=O)CCC)(OS(=O)(=O)CCC)OS(=O)(=O)CCC. The van der Waals surface area contributed by atoms with E-state index in [0.29, 0.717) is 0 Å². The minimum absolute atomic E-state index is 0.0243. The molecule has 0 heterocycles. The second-order valence-corrected chi connectivity index (χ2v) is 12.6. The van der Waals surface area contributed by atoms with Crippen LogP contribution in [0.3, 0.4) is 0 Å². The van der Waals surface area contributed by atoms with Crippen molar-refractivity contribution >= 4 is 40.5 Å². The van der Waals surface area contributed by atoms with Crippen LogP contribution in [-0.2, 0) is 57.2 Å². The molecule has 0 saturated heterocycles. The van der Waals surface area contributed by atoms with Gasteiger partial charge in [0.25, 0.3) is 40.5 Å². The van der Waals surface area contributed by atoms with Gasteiger partial charge in [0.1, 0.15) is 0 Å². The Morgan fingerprint density at radius 3 is 0.759 bits per heavy atom. The van der Waals surface area contributed by atoms with Crippen LogP contribution in [0.4, 0.5) is 0 Å². The van der Waals surface area contributed by atoms with Crippen LogP contribution in [0.15, 0.2) is 0 Å². The van der Waals surface area contributed by atoms with E-state index in [-0.39, 0.29) is 25.7 Å². The summed E-state index contributed by atoms with van der Waals surface area (Å²) >= 11 is 0. The fraction of sp³-hybridized carbons (Fsp3) is 1.00. The molecule has 0 fully saturated rings. The molecule has 0 bridgehead atoms. The van der Waals surface area contributed by atoms with E-state index in [1.165, 1.54) is 27.7 Å². The predicted molar refractivity (Wildman–Crippen MR) is 103 cm³/mol. The maximum Gasteiger partial charge on any atom is 0.471 e. The Morgan fingerprint density at radius 1 is 0.448 bits per heavy atom. The van der Waals surface area contributed by atoms with E-state index in [1.54, 1.807) is 0 Å². The summed E-state index contributed by atoms with van der Waals surface area (Å²) in [5.74, 6) is -2.89. The zero-order valence-corrected chi connectivity index (χ0v) is 20.0. The van der Waals surface area contributed by atoms with Gasteiger partial charge in [0.15, 0.2) is 0 Å². The Labute approximate surface area is 173 Å². The van der Waals surface area contributed by atoms with Gasteiger partial charge in [-0.05, 0) is 25.7 Å². The summed E-state index contributed by atoms with van der Waals surface area (Å²) in [6.07, 6.45) is -4.01. The Morgan fingerprint density at radius 2 is 0.621 bits per heavy atom. The van der Waals surface area contributed by atoms with Crippen LogP contribution < -0.4 is 0 Å². The molecule has 0 spiro atoms. The average Bonchev–Trinajstić information content (AvgIpc) is 2.43. The third kappa shape index (κ3) is 11.6. The van der Waals surface area contributed by atoms with E-state index in [1.807, 2.05) is 0 Å². The van der Waals surface area contributed by atoms with Crippen molar-refractivity contribution in [2.75, 3.05) is 23.0 Å². The van der Waals surface area contributed by atoms with Gasteiger partial charge < -0.3 is 0 Å². The summed E-state index contributed by atoms with van der Waals surface area (Å²) in [5, 5.41) is 0. The molecule has 0 unspecified atom stereocenters. The molecule has 0 atom stereocenters. The molecule has 0 saturated carbocycles. The average molecular weight is 505 g/mol. The van der Waals surface area contributed by atoms with Gasteiger partial charge in [-0.3, -0.25) is 0 Å². The molecule has 12 nitrogen and oxygen atoms in total. The monoisotopic (exact) mass is 504 g/mol. The van der Waals surface area contributed by atoms with Crippen molar-refractivity contribution in [2.45, 2.75) is 59.5 Å². The maximum atomic E-state index is 12.1. The zero-order valence-electron chi connectivity index (χ0n) is 16.7. The summed E-state index contributed by atoms with van der Waals surface area (Å²) in [4.78, 5) is 0. The van der Waals surface area contributed by atoms with E-state index in [9.17, 15) is 33.7 Å². The van der Waals surface area contributed by atoms with Gasteiger partial charge in [-0.25, -0.2) is 0 Å². The van der Waals surface area contributed by atoms with Crippen molar-refractivity contribution in [3.05, 3.63) is 0 Å². The first-order valence-electron chi connectivity index (χ1n) is 8.80. The molecule has 16 heteroatoms. The van der Waals surface area contributed by atoms with Crippen LogP contribution in [-0.4, -0.2) is 62.8 Å². The Balaban J connectivity index is 6.58. The highest BCUT2D eigenvalue weighted by atomic mass is 32.2. The van der Waals surface area contributed by atoms with Gasteiger partial charge in [-0.2, -0.15) is 50.4 Å². The lowest BCUT2D eigenvalue weighted by Gasteiger charge is -2.28. The van der Waals surface area contributed by atoms with Gasteiger partial charge in [0, 0.05) is 0 Å². The van der Waals surface area contributed by atoms with Crippen molar-refractivity contribution in [3.8, 4) is 0 Å². The minimum Gasteiger partial charge on any atom is -0.199 e. The van der Waals surface area contributed by atoms with Crippen molar-refractivity contribution in [1.82, 2.24) is 0 Å². The first-order chi connectivity index (χ1) is 13.1. The fourth-order valence-corrected chi connectivity index (χ4v) is 6.12. The van der Waals surface area contributed by atoms with E-state index in [2.05, 4.69) is 16.7 Å². The number of hydrogen-bond acceptors (Lipinski definition) is 12. The third-order valence-corrected chi connectivity index (χ3v) is 8.20. The molecule has 0 aliphatic carbocycles. The standard InChI is InChI=1S/C13H28O12S4/c1-5-9-26(14,15)22-13(23-27(16,17)10-6-2,24-28(18,19)11-7-3)25-29(20,21)12-8-4/h5-12H2,1-4H3. The fourth-order valence-electron chi connectivity index (χ4n) is 1.87. The van der Waals surface area contributed by atoms with Crippen LogP contribution in [0.1, 0.15) is 53.4 Å². The molecule has 0 rings (SSSR count). The summed E-state index contributed by atoms with van der Waals surface area (Å²) in [7, 11) is -18.9. The van der Waals surface area contributed by atoms with Crippen LogP contribution in [0.5, 0.6) is 0 Å². The van der Waals surface area contributed by atoms with Gasteiger partial charge >= 0.3 is 6.16 Å². The van der Waals surface area contributed by atoms with E-state index in [0.717, 1.165) is 0 Å². The number of hydrogen-bond donors (Lipinski definition) is 0. The quantitative estimate of drug-likeness (QED) is 0.212. The van der Waals surface area contributed by atoms with E-state index >= 15 is 0 Å². The highest BCUT2D eigenvalue weighted by Crippen LogP contribution is 2.29. The second kappa shape index (κ2) is 11.3. The molecule has 0 aromatic rings. The van der Waals surface area contributed by atoms with Crippen molar-refractivity contribution in [1.29, 1.82) is 0 Å². The Hall–Kier alpha value is -0.360. The number of rotatable bonds is 16. The van der Waals surface area contributed by atoms with Gasteiger partial charge in [0.05, 0.1) is 23.0 Å². The van der Waals surface area contributed by atoms with E-state index in [4.69, 9.17) is 0 Å². The molecule has 176 valence electrons. The Bertz CT molecular complexity index is 759. The smallest absolute Gasteiger partial charge is 0.199 e. The predicted octanol–water partition coefficient (Wildman–Crippen LogP) is 0.623. The highest BCUT2D eigenvalue weighted by molar-refractivity contribution is 7.88. The summed E-state index contributed by atoms with van der Waals surface area (Å²) in [6.45, 7) is 5.72. The lowest BCUT2D eigenvalue weighted by atomic mass is 10.6. The minimum atomic E-state index is -4.72. The highest BCUT2D eigenvalue weighted by Gasteiger charge is 2.52. The van der Waals surface area contributed by atoms with Crippen LogP contribution in [0, 0.1) is 0 Å². The first-order valence-corrected chi connectivity index (χ1v) is 15.1. The molecule has 0 aliphatic rings. The van der Waals surface area contributed by atoms with Gasteiger partial charge in [0.2, 0.25) is 0 Å². The van der Waals surface area contributed by atoms with Crippen molar-refractivity contribution < 1.29 is 50.4 Å². The third-order valence-electron chi connectivity index (χ3n) is 2.73. The normalized spacial score (nSPS) is 14.2. The van der Waals surface area contributed by atoms with Crippen LogP contribution >= 0.6 is 0 Å². The van der Waals surface area contributed by atoms with Crippen LogP contribution in [0.2, 0.25) is 0 Å². The van der Waals surface area contributed by atoms with Crippen molar-refractivity contribution in [3.63, 3.8) is 0 Å². The lowest BCUT2D eigenvalue weighted by molar-refractivity contribution is -0.360. The molecule has 0 aromatic carbocycles. The molecular weight excluding hydrogens is 476 g/mol. The first kappa shape index (κ1) is 28.6. The largest absolute Gasteiger partial charge is 0.471 e. The molecule has 0 N–H and O–H groups in total. The van der Waals surface area contributed by atoms with Crippen LogP contribution in [0.25, 0.3) is 0 Å². The molecule has 29 heavy (non-hydrogen) atoms. The molecule has 0 aliphatic heterocycles. The molecular formula is C13H28O12S4. The van der Waals surface area contributed by atoms with Gasteiger partial charge in [-0.15, -0.1) is 0 Å². The van der Waals surface area contributed by atoms with Gasteiger partial charge in [-0.1, -0.05) is 27.7 Å². The summed E-state index contributed by atoms with van der Waals surface area (Å²) < 4.78 is 115. The molecule has 0 radical (unpaired) electrons.